The predicted octanol–water partition coefficient (Wildman–Crippen LogP) is 4.53. The lowest BCUT2D eigenvalue weighted by Gasteiger charge is -2.34. The van der Waals surface area contributed by atoms with Crippen LogP contribution in [0.15, 0.2) is 47.4 Å². The SMILES string of the molecule is O=C(CSc1ccc(F)cc1)N1CCN(c2nc3c(Cl)cccc3s2)CC1. The van der Waals surface area contributed by atoms with Gasteiger partial charge in [-0.1, -0.05) is 29.0 Å². The van der Waals surface area contributed by atoms with Crippen LogP contribution in [0, 0.1) is 5.82 Å². The topological polar surface area (TPSA) is 36.4 Å². The van der Waals surface area contributed by atoms with Gasteiger partial charge in [0.05, 0.1) is 15.5 Å². The zero-order valence-electron chi connectivity index (χ0n) is 14.4. The third-order valence-corrected chi connectivity index (χ3v) is 6.82. The van der Waals surface area contributed by atoms with Gasteiger partial charge in [-0.3, -0.25) is 4.79 Å². The Balaban J connectivity index is 1.33. The summed E-state index contributed by atoms with van der Waals surface area (Å²) in [5.41, 5.74) is 0.841. The molecule has 1 aliphatic rings. The van der Waals surface area contributed by atoms with E-state index in [9.17, 15) is 9.18 Å². The number of para-hydroxylation sites is 1. The van der Waals surface area contributed by atoms with E-state index < -0.39 is 0 Å². The monoisotopic (exact) mass is 421 g/mol. The molecule has 27 heavy (non-hydrogen) atoms. The van der Waals surface area contributed by atoms with Crippen molar-refractivity contribution in [1.82, 2.24) is 9.88 Å². The molecule has 0 atom stereocenters. The first-order chi connectivity index (χ1) is 13.1. The number of carbonyl (C=O) groups excluding carboxylic acids is 1. The number of hydrogen-bond acceptors (Lipinski definition) is 5. The Morgan fingerprint density at radius 2 is 1.89 bits per heavy atom. The molecule has 0 bridgehead atoms. The van der Waals surface area contributed by atoms with Gasteiger partial charge in [0.2, 0.25) is 5.91 Å². The van der Waals surface area contributed by atoms with Gasteiger partial charge in [-0.2, -0.15) is 0 Å². The molecule has 0 unspecified atom stereocenters. The molecule has 1 amide bonds. The number of halogens is 2. The zero-order valence-corrected chi connectivity index (χ0v) is 16.8. The van der Waals surface area contributed by atoms with Crippen molar-refractivity contribution in [2.75, 3.05) is 36.8 Å². The minimum absolute atomic E-state index is 0.108. The van der Waals surface area contributed by atoms with Gasteiger partial charge in [0.15, 0.2) is 5.13 Å². The van der Waals surface area contributed by atoms with Crippen LogP contribution in [0.25, 0.3) is 10.2 Å². The largest absolute Gasteiger partial charge is 0.345 e. The number of rotatable bonds is 4. The maximum Gasteiger partial charge on any atom is 0.233 e. The van der Waals surface area contributed by atoms with Crippen LogP contribution in [0.3, 0.4) is 0 Å². The molecule has 0 aliphatic carbocycles. The second-order valence-corrected chi connectivity index (χ2v) is 8.66. The molecule has 4 nitrogen and oxygen atoms in total. The lowest BCUT2D eigenvalue weighted by atomic mass is 10.3. The molecule has 0 saturated carbocycles. The molecule has 1 saturated heterocycles. The second-order valence-electron chi connectivity index (χ2n) is 6.19. The fraction of sp³-hybridized carbons (Fsp3) is 0.263. The fourth-order valence-corrected chi connectivity index (χ4v) is 5.07. The Labute approximate surface area is 169 Å². The number of thioether (sulfide) groups is 1. The molecule has 4 rings (SSSR count). The number of hydrogen-bond donors (Lipinski definition) is 0. The van der Waals surface area contributed by atoms with Gasteiger partial charge in [0.1, 0.15) is 11.3 Å². The smallest absolute Gasteiger partial charge is 0.233 e. The summed E-state index contributed by atoms with van der Waals surface area (Å²) in [7, 11) is 0. The summed E-state index contributed by atoms with van der Waals surface area (Å²) < 4.78 is 14.0. The predicted molar refractivity (Wildman–Crippen MR) is 111 cm³/mol. The first-order valence-corrected chi connectivity index (χ1v) is 10.7. The second kappa shape index (κ2) is 8.04. The maximum atomic E-state index is 12.9. The quantitative estimate of drug-likeness (QED) is 0.580. The summed E-state index contributed by atoms with van der Waals surface area (Å²) in [5.74, 6) is 0.205. The number of amides is 1. The Morgan fingerprint density at radius 3 is 2.59 bits per heavy atom. The van der Waals surface area contributed by atoms with E-state index >= 15 is 0 Å². The average molecular weight is 422 g/mol. The van der Waals surface area contributed by atoms with Crippen molar-refractivity contribution >= 4 is 56.0 Å². The van der Waals surface area contributed by atoms with Crippen molar-refractivity contribution in [3.8, 4) is 0 Å². The van der Waals surface area contributed by atoms with Crippen LogP contribution in [0.4, 0.5) is 9.52 Å². The standard InChI is InChI=1S/C19H17ClFN3OS2/c20-15-2-1-3-16-18(15)22-19(27-16)24-10-8-23(9-11-24)17(25)12-26-14-6-4-13(21)5-7-14/h1-7H,8-12H2. The lowest BCUT2D eigenvalue weighted by molar-refractivity contribution is -0.128. The van der Waals surface area contributed by atoms with E-state index in [1.54, 1.807) is 23.5 Å². The average Bonchev–Trinajstić information content (AvgIpc) is 3.13. The highest BCUT2D eigenvalue weighted by atomic mass is 35.5. The molecule has 8 heteroatoms. The van der Waals surface area contributed by atoms with Crippen LogP contribution in [0.5, 0.6) is 0 Å². The summed E-state index contributed by atoms with van der Waals surface area (Å²) in [6.07, 6.45) is 0. The lowest BCUT2D eigenvalue weighted by Crippen LogP contribution is -2.49. The van der Waals surface area contributed by atoms with Crippen molar-refractivity contribution in [1.29, 1.82) is 0 Å². The Morgan fingerprint density at radius 1 is 1.15 bits per heavy atom. The molecule has 1 aromatic heterocycles. The number of nitrogens with zero attached hydrogens (tertiary/aromatic N) is 3. The molecule has 2 heterocycles. The van der Waals surface area contributed by atoms with Gasteiger partial charge in [0, 0.05) is 31.1 Å². The van der Waals surface area contributed by atoms with E-state index in [-0.39, 0.29) is 11.7 Å². The molecule has 1 fully saturated rings. The van der Waals surface area contributed by atoms with E-state index in [0.29, 0.717) is 23.9 Å². The molecular formula is C19H17ClFN3OS2. The first kappa shape index (κ1) is 18.5. The first-order valence-electron chi connectivity index (χ1n) is 8.56. The molecule has 3 aromatic rings. The third-order valence-electron chi connectivity index (χ3n) is 4.44. The van der Waals surface area contributed by atoms with Crippen LogP contribution < -0.4 is 4.90 Å². The molecule has 1 aliphatic heterocycles. The third kappa shape index (κ3) is 4.20. The summed E-state index contributed by atoms with van der Waals surface area (Å²) >= 11 is 9.28. The number of anilines is 1. The van der Waals surface area contributed by atoms with Crippen molar-refractivity contribution in [2.45, 2.75) is 4.90 Å². The van der Waals surface area contributed by atoms with Crippen LogP contribution in [-0.2, 0) is 4.79 Å². The molecule has 0 N–H and O–H groups in total. The van der Waals surface area contributed by atoms with E-state index in [1.807, 2.05) is 23.1 Å². The molecule has 140 valence electrons. The molecule has 0 radical (unpaired) electrons. The number of thiazole rings is 1. The summed E-state index contributed by atoms with van der Waals surface area (Å²) in [5, 5.41) is 1.62. The molecule has 2 aromatic carbocycles. The number of piperazine rings is 1. The molecular weight excluding hydrogens is 405 g/mol. The minimum Gasteiger partial charge on any atom is -0.345 e. The van der Waals surface area contributed by atoms with Crippen molar-refractivity contribution in [3.63, 3.8) is 0 Å². The summed E-state index contributed by atoms with van der Waals surface area (Å²) in [6.45, 7) is 2.85. The van der Waals surface area contributed by atoms with Gasteiger partial charge in [0.25, 0.3) is 0 Å². The molecule has 0 spiro atoms. The Hall–Kier alpha value is -1.83. The highest BCUT2D eigenvalue weighted by molar-refractivity contribution is 8.00. The summed E-state index contributed by atoms with van der Waals surface area (Å²) in [4.78, 5) is 22.1. The van der Waals surface area contributed by atoms with Gasteiger partial charge in [-0.25, -0.2) is 9.37 Å². The van der Waals surface area contributed by atoms with Crippen molar-refractivity contribution in [2.24, 2.45) is 0 Å². The number of benzene rings is 2. The van der Waals surface area contributed by atoms with E-state index in [2.05, 4.69) is 9.88 Å². The summed E-state index contributed by atoms with van der Waals surface area (Å²) in [6, 6.07) is 12.0. The van der Waals surface area contributed by atoms with E-state index in [4.69, 9.17) is 11.6 Å². The van der Waals surface area contributed by atoms with Crippen LogP contribution in [0.1, 0.15) is 0 Å². The van der Waals surface area contributed by atoms with Crippen LogP contribution in [0.2, 0.25) is 5.02 Å². The number of carbonyl (C=O) groups is 1. The Bertz CT molecular complexity index is 955. The number of aromatic nitrogens is 1. The maximum absolute atomic E-state index is 12.9. The van der Waals surface area contributed by atoms with E-state index in [0.717, 1.165) is 33.3 Å². The van der Waals surface area contributed by atoms with Crippen molar-refractivity contribution in [3.05, 3.63) is 53.3 Å². The van der Waals surface area contributed by atoms with Crippen LogP contribution >= 0.6 is 34.7 Å². The Kier molecular flexibility index (Phi) is 5.52. The van der Waals surface area contributed by atoms with E-state index in [1.165, 1.54) is 23.9 Å². The van der Waals surface area contributed by atoms with Crippen LogP contribution in [-0.4, -0.2) is 47.7 Å². The highest BCUT2D eigenvalue weighted by Gasteiger charge is 2.23. The van der Waals surface area contributed by atoms with Gasteiger partial charge in [-0.15, -0.1) is 11.8 Å². The zero-order chi connectivity index (χ0) is 18.8. The van der Waals surface area contributed by atoms with Gasteiger partial charge >= 0.3 is 0 Å². The van der Waals surface area contributed by atoms with Crippen molar-refractivity contribution < 1.29 is 9.18 Å². The van der Waals surface area contributed by atoms with Gasteiger partial charge < -0.3 is 9.80 Å². The fourth-order valence-electron chi connectivity index (χ4n) is 2.95. The minimum atomic E-state index is -0.266. The number of fused-ring (bicyclic) bond motifs is 1. The normalized spacial score (nSPS) is 14.7. The highest BCUT2D eigenvalue weighted by Crippen LogP contribution is 2.33. The van der Waals surface area contributed by atoms with Gasteiger partial charge in [-0.05, 0) is 36.4 Å².